The number of carbonyl (C=O) groups is 2. The van der Waals surface area contributed by atoms with Crippen LogP contribution in [-0.4, -0.2) is 104 Å². The van der Waals surface area contributed by atoms with Crippen LogP contribution in [0.15, 0.2) is 42.2 Å². The molecule has 0 aliphatic carbocycles. The van der Waals surface area contributed by atoms with Crippen LogP contribution in [0.2, 0.25) is 5.32 Å². The Morgan fingerprint density at radius 2 is 1.83 bits per heavy atom. The van der Waals surface area contributed by atoms with Gasteiger partial charge in [-0.25, -0.2) is 0 Å². The number of hydrogen-bond acceptors (Lipinski definition) is 9. The van der Waals surface area contributed by atoms with Crippen LogP contribution < -0.4 is 9.78 Å². The summed E-state index contributed by atoms with van der Waals surface area (Å²) >= 11 is 0.237. The zero-order chi connectivity index (χ0) is 30.4. The molecule has 234 valence electrons. The van der Waals surface area contributed by atoms with E-state index in [4.69, 9.17) is 33.2 Å². The molecule has 0 radical (unpaired) electrons. The van der Waals surface area contributed by atoms with Gasteiger partial charge >= 0.3 is 198 Å². The maximum atomic E-state index is 13.4. The van der Waals surface area contributed by atoms with E-state index < -0.39 is 35.5 Å². The molecule has 0 aromatic heterocycles. The third-order valence-corrected chi connectivity index (χ3v) is 11.1. The van der Waals surface area contributed by atoms with Crippen LogP contribution in [0.5, 0.6) is 0 Å². The van der Waals surface area contributed by atoms with Crippen molar-refractivity contribution < 1.29 is 42.7 Å². The quantitative estimate of drug-likeness (QED) is 0.268. The molecule has 0 spiro atoms. The first-order valence-corrected chi connectivity index (χ1v) is 16.5. The Balaban J connectivity index is 1.47. The summed E-state index contributed by atoms with van der Waals surface area (Å²) < 4.78 is 42.3. The van der Waals surface area contributed by atoms with E-state index in [0.29, 0.717) is 13.0 Å². The second kappa shape index (κ2) is 14.8. The number of ether oxygens (including phenoxy) is 7. The van der Waals surface area contributed by atoms with Crippen molar-refractivity contribution in [1.29, 1.82) is 0 Å². The van der Waals surface area contributed by atoms with Crippen LogP contribution in [0.3, 0.4) is 0 Å². The van der Waals surface area contributed by atoms with Gasteiger partial charge in [-0.3, -0.25) is 0 Å². The molecule has 3 aliphatic heterocycles. The van der Waals surface area contributed by atoms with Gasteiger partial charge in [0.25, 0.3) is 0 Å². The van der Waals surface area contributed by atoms with E-state index in [1.807, 2.05) is 31.2 Å². The number of fused-ring (bicyclic) bond motifs is 1. The Morgan fingerprint density at radius 3 is 2.50 bits per heavy atom. The minimum Gasteiger partial charge on any atom is -0.379 e. The maximum absolute atomic E-state index is 13.4. The van der Waals surface area contributed by atoms with Gasteiger partial charge in [-0.1, -0.05) is 13.8 Å². The van der Waals surface area contributed by atoms with Gasteiger partial charge in [0.05, 0.1) is 12.7 Å². The van der Waals surface area contributed by atoms with Gasteiger partial charge < -0.3 is 9.47 Å². The SMILES string of the molecule is COC[C@H](C[C@H]1O[C@H]2[C@H](OCO[C@@H]2NC(=O)C(=O)C2=C[C@@H](C[Se]c3ccccc3)[C@@H](C)[C@@H](C)O2)[C@@H](OC)C1(C)C)OC. The molecular formula is C31H45NO9Se. The molecule has 9 atom stereocenters. The standard InChI is InChI=1S/C31H45NO9Se/c1-18-19(2)40-23(13-20(18)16-42-22-11-9-8-10-12-22)25(33)29(34)32-30-27-26(38-17-39-30)28(37-7)31(3,4)24(41-27)14-21(36-6)15-35-5/h8-13,18-21,24,26-28,30H,14-17H2,1-7H3,(H,32,34)/t18-,19+,20-,21-,24+,26-,27-,28+,30-/m0/s1. The first-order chi connectivity index (χ1) is 20.1. The van der Waals surface area contributed by atoms with Gasteiger partial charge in [0.15, 0.2) is 0 Å². The summed E-state index contributed by atoms with van der Waals surface area (Å²) in [6.45, 7) is 8.50. The topological polar surface area (TPSA) is 111 Å². The second-order valence-electron chi connectivity index (χ2n) is 11.8. The average Bonchev–Trinajstić information content (AvgIpc) is 2.98. The zero-order valence-corrected chi connectivity index (χ0v) is 27.3. The van der Waals surface area contributed by atoms with Crippen molar-refractivity contribution >= 4 is 31.1 Å². The van der Waals surface area contributed by atoms with Crippen LogP contribution in [0.4, 0.5) is 0 Å². The van der Waals surface area contributed by atoms with Crippen LogP contribution in [0, 0.1) is 17.3 Å². The van der Waals surface area contributed by atoms with Gasteiger partial charge in [-0.2, -0.15) is 0 Å². The van der Waals surface area contributed by atoms with E-state index in [1.54, 1.807) is 21.3 Å². The van der Waals surface area contributed by atoms with Crippen molar-refractivity contribution in [3.05, 3.63) is 42.2 Å². The van der Waals surface area contributed by atoms with Crippen molar-refractivity contribution in [1.82, 2.24) is 5.32 Å². The molecule has 0 bridgehead atoms. The average molecular weight is 655 g/mol. The van der Waals surface area contributed by atoms with Crippen molar-refractivity contribution in [3.63, 3.8) is 0 Å². The van der Waals surface area contributed by atoms with E-state index in [2.05, 4.69) is 38.2 Å². The van der Waals surface area contributed by atoms with Crippen molar-refractivity contribution in [2.75, 3.05) is 34.7 Å². The summed E-state index contributed by atoms with van der Waals surface area (Å²) in [5.74, 6) is -1.12. The molecule has 0 saturated carbocycles. The number of amides is 1. The summed E-state index contributed by atoms with van der Waals surface area (Å²) in [5, 5.41) is 3.66. The fraction of sp³-hybridized carbons (Fsp3) is 0.677. The fourth-order valence-corrected chi connectivity index (χ4v) is 8.28. The van der Waals surface area contributed by atoms with Gasteiger partial charge in [0.2, 0.25) is 0 Å². The molecule has 3 heterocycles. The molecule has 2 fully saturated rings. The third-order valence-electron chi connectivity index (χ3n) is 8.71. The smallest absolute Gasteiger partial charge is 0.379 e. The minimum absolute atomic E-state index is 0.0774. The second-order valence-corrected chi connectivity index (χ2v) is 14.0. The number of nitrogens with one attached hydrogen (secondary N) is 1. The molecule has 2 saturated heterocycles. The van der Waals surface area contributed by atoms with Gasteiger partial charge in [-0.15, -0.1) is 0 Å². The van der Waals surface area contributed by atoms with E-state index in [-0.39, 0.29) is 63.8 Å². The molecule has 1 aromatic carbocycles. The van der Waals surface area contributed by atoms with Crippen LogP contribution in [-0.2, 0) is 42.7 Å². The number of benzene rings is 1. The predicted octanol–water partition coefficient (Wildman–Crippen LogP) is 2.23. The summed E-state index contributed by atoms with van der Waals surface area (Å²) in [5.41, 5.74) is -0.452. The Labute approximate surface area is 255 Å². The van der Waals surface area contributed by atoms with E-state index in [0.717, 1.165) is 5.32 Å². The molecule has 4 rings (SSSR count). The summed E-state index contributed by atoms with van der Waals surface area (Å²) in [7, 11) is 4.89. The molecule has 10 nitrogen and oxygen atoms in total. The number of methoxy groups -OCH3 is 3. The van der Waals surface area contributed by atoms with Gasteiger partial charge in [0.1, 0.15) is 0 Å². The Kier molecular flexibility index (Phi) is 11.6. The molecule has 1 amide bonds. The molecule has 1 aromatic rings. The molecule has 11 heteroatoms. The van der Waals surface area contributed by atoms with Crippen molar-refractivity contribution in [2.24, 2.45) is 17.3 Å². The summed E-state index contributed by atoms with van der Waals surface area (Å²) in [4.78, 5) is 26.7. The molecular weight excluding hydrogens is 609 g/mol. The van der Waals surface area contributed by atoms with E-state index >= 15 is 0 Å². The Morgan fingerprint density at radius 1 is 1.10 bits per heavy atom. The third kappa shape index (κ3) is 7.45. The minimum atomic E-state index is -0.919. The molecule has 3 aliphatic rings. The zero-order valence-electron chi connectivity index (χ0n) is 25.6. The molecule has 1 N–H and O–H groups in total. The van der Waals surface area contributed by atoms with Gasteiger partial charge in [0, 0.05) is 21.3 Å². The number of Topliss-reactive ketones (excluding diaryl/α,β-unsaturated/α-hetero) is 1. The number of ketones is 1. The Bertz CT molecular complexity index is 1080. The molecule has 0 unspecified atom stereocenters. The fourth-order valence-electron chi connectivity index (χ4n) is 5.90. The monoisotopic (exact) mass is 655 g/mol. The van der Waals surface area contributed by atoms with Crippen LogP contribution in [0.25, 0.3) is 0 Å². The number of allylic oxidation sites excluding steroid dienone is 1. The number of carbonyl (C=O) groups excluding carboxylic acids is 2. The van der Waals surface area contributed by atoms with Crippen LogP contribution >= 0.6 is 0 Å². The van der Waals surface area contributed by atoms with Gasteiger partial charge in [-0.05, 0) is 0 Å². The first kappa shape index (κ1) is 33.1. The molecule has 42 heavy (non-hydrogen) atoms. The van der Waals surface area contributed by atoms with Crippen LogP contribution in [0.1, 0.15) is 34.1 Å². The van der Waals surface area contributed by atoms with E-state index in [9.17, 15) is 9.59 Å². The normalized spacial score (nSPS) is 33.1. The predicted molar refractivity (Wildman–Crippen MR) is 156 cm³/mol. The number of hydrogen-bond donors (Lipinski definition) is 1. The Hall–Kier alpha value is -1.82. The first-order valence-electron chi connectivity index (χ1n) is 14.4. The summed E-state index contributed by atoms with van der Waals surface area (Å²) in [6, 6.07) is 10.3. The van der Waals surface area contributed by atoms with Crippen molar-refractivity contribution in [3.8, 4) is 0 Å². The number of rotatable bonds is 12. The van der Waals surface area contributed by atoms with E-state index in [1.165, 1.54) is 4.46 Å². The summed E-state index contributed by atoms with van der Waals surface area (Å²) in [6.07, 6.45) is -0.890. The van der Waals surface area contributed by atoms with Crippen molar-refractivity contribution in [2.45, 2.75) is 82.3 Å².